The molecule has 7 heteroatoms. The molecule has 2 heterocycles. The third-order valence-corrected chi connectivity index (χ3v) is 3.54. The van der Waals surface area contributed by atoms with Gasteiger partial charge in [0.15, 0.2) is 0 Å². The molecule has 5 nitrogen and oxygen atoms in total. The van der Waals surface area contributed by atoms with Gasteiger partial charge in [-0.3, -0.25) is 0 Å². The molecule has 0 radical (unpaired) electrons. The zero-order valence-corrected chi connectivity index (χ0v) is 19.4. The lowest BCUT2D eigenvalue weighted by Gasteiger charge is -2.27. The number of nitrogens with one attached hydrogen (secondary N) is 1. The third kappa shape index (κ3) is 10.1. The van der Waals surface area contributed by atoms with Crippen molar-refractivity contribution >= 4 is 40.7 Å². The number of morpholine rings is 1. The number of benzene rings is 1. The number of ether oxygens (including phenoxy) is 1. The lowest BCUT2D eigenvalue weighted by molar-refractivity contribution is 0.122. The first-order valence-electron chi connectivity index (χ1n) is 10.0. The van der Waals surface area contributed by atoms with E-state index in [9.17, 15) is 0 Å². The Balaban J connectivity index is 0.000000930. The van der Waals surface area contributed by atoms with Crippen molar-refractivity contribution in [1.82, 2.24) is 9.97 Å². The molecule has 1 aliphatic rings. The Labute approximate surface area is 180 Å². The van der Waals surface area contributed by atoms with Crippen LogP contribution in [0.4, 0.5) is 17.5 Å². The highest BCUT2D eigenvalue weighted by molar-refractivity contribution is 6.30. The van der Waals surface area contributed by atoms with Gasteiger partial charge in [0.25, 0.3) is 0 Å². The van der Waals surface area contributed by atoms with Crippen LogP contribution < -0.4 is 10.2 Å². The summed E-state index contributed by atoms with van der Waals surface area (Å²) in [4.78, 5) is 10.8. The maximum Gasteiger partial charge on any atom is 0.228 e. The Kier molecular flexibility index (Phi) is 15.5. The summed E-state index contributed by atoms with van der Waals surface area (Å²) < 4.78 is 5.33. The minimum absolute atomic E-state index is 0.406. The van der Waals surface area contributed by atoms with Crippen LogP contribution in [0.5, 0.6) is 0 Å². The van der Waals surface area contributed by atoms with Crippen molar-refractivity contribution in [2.75, 3.05) is 36.5 Å². The van der Waals surface area contributed by atoms with E-state index in [1.807, 2.05) is 52.0 Å². The molecule has 0 saturated carbocycles. The molecule has 3 rings (SSSR count). The first-order chi connectivity index (χ1) is 13.6. The van der Waals surface area contributed by atoms with E-state index >= 15 is 0 Å². The molecule has 1 saturated heterocycles. The maximum atomic E-state index is 6.09. The summed E-state index contributed by atoms with van der Waals surface area (Å²) >= 11 is 12.0. The van der Waals surface area contributed by atoms with Gasteiger partial charge in [-0.1, -0.05) is 71.2 Å². The second-order valence-corrected chi connectivity index (χ2v) is 6.14. The average Bonchev–Trinajstić information content (AvgIpc) is 2.74. The van der Waals surface area contributed by atoms with Crippen LogP contribution in [-0.4, -0.2) is 36.3 Å². The highest BCUT2D eigenvalue weighted by atomic mass is 35.5. The number of nitrogens with zero attached hydrogens (tertiary/aromatic N) is 3. The molecule has 1 N–H and O–H groups in total. The highest BCUT2D eigenvalue weighted by Crippen LogP contribution is 2.22. The fraction of sp³-hybridized carbons (Fsp3) is 0.524. The van der Waals surface area contributed by atoms with Gasteiger partial charge in [0, 0.05) is 29.9 Å². The second-order valence-electron chi connectivity index (χ2n) is 5.31. The fourth-order valence-electron chi connectivity index (χ4n) is 2.06. The Hall–Kier alpha value is -1.56. The monoisotopic (exact) mass is 428 g/mol. The third-order valence-electron chi connectivity index (χ3n) is 3.09. The first-order valence-corrected chi connectivity index (χ1v) is 10.8. The summed E-state index contributed by atoms with van der Waals surface area (Å²) in [5, 5.41) is 4.29. The van der Waals surface area contributed by atoms with Crippen molar-refractivity contribution in [2.45, 2.75) is 48.0 Å². The molecular formula is C21H34Cl2N4O. The van der Waals surface area contributed by atoms with E-state index in [4.69, 9.17) is 27.9 Å². The van der Waals surface area contributed by atoms with Gasteiger partial charge >= 0.3 is 0 Å². The molecule has 1 aromatic carbocycles. The molecule has 0 atom stereocenters. The van der Waals surface area contributed by atoms with E-state index in [-0.39, 0.29) is 0 Å². The molecule has 2 aromatic rings. The molecule has 1 fully saturated rings. The normalized spacial score (nSPS) is 12.4. The average molecular weight is 429 g/mol. The first kappa shape index (κ1) is 26.4. The maximum absolute atomic E-state index is 6.09. The van der Waals surface area contributed by atoms with Crippen molar-refractivity contribution in [3.63, 3.8) is 0 Å². The lowest BCUT2D eigenvalue weighted by atomic mass is 10.3. The van der Waals surface area contributed by atoms with Crippen molar-refractivity contribution in [1.29, 1.82) is 0 Å². The summed E-state index contributed by atoms with van der Waals surface area (Å²) in [5.74, 6) is 1.26. The zero-order valence-electron chi connectivity index (χ0n) is 17.9. The lowest BCUT2D eigenvalue weighted by Crippen LogP contribution is -2.37. The van der Waals surface area contributed by atoms with Crippen LogP contribution in [0.3, 0.4) is 0 Å². The van der Waals surface area contributed by atoms with Gasteiger partial charge in [0.05, 0.1) is 13.2 Å². The predicted octanol–water partition coefficient (Wildman–Crippen LogP) is 6.83. The summed E-state index contributed by atoms with van der Waals surface area (Å²) in [6, 6.07) is 9.09. The van der Waals surface area contributed by atoms with Gasteiger partial charge in [-0.05, 0) is 24.3 Å². The Morgan fingerprint density at radius 1 is 0.964 bits per heavy atom. The molecule has 1 aromatic heterocycles. The number of rotatable bonds is 3. The smallest absolute Gasteiger partial charge is 0.228 e. The van der Waals surface area contributed by atoms with Gasteiger partial charge in [0.2, 0.25) is 5.95 Å². The molecular weight excluding hydrogens is 395 g/mol. The van der Waals surface area contributed by atoms with Gasteiger partial charge in [-0.15, -0.1) is 0 Å². The van der Waals surface area contributed by atoms with Gasteiger partial charge in [-0.2, -0.15) is 4.98 Å². The summed E-state index contributed by atoms with van der Waals surface area (Å²) in [6.45, 7) is 15.1. The van der Waals surface area contributed by atoms with E-state index in [0.29, 0.717) is 35.2 Å². The number of anilines is 3. The molecule has 0 bridgehead atoms. The van der Waals surface area contributed by atoms with E-state index < -0.39 is 0 Å². The van der Waals surface area contributed by atoms with Crippen LogP contribution in [0, 0.1) is 0 Å². The number of aromatic nitrogens is 2. The number of halogens is 2. The van der Waals surface area contributed by atoms with E-state index in [2.05, 4.69) is 34.0 Å². The summed E-state index contributed by atoms with van der Waals surface area (Å²) in [5.41, 5.74) is 0.891. The van der Waals surface area contributed by atoms with Crippen LogP contribution in [0.2, 0.25) is 10.2 Å². The Morgan fingerprint density at radius 3 is 2.04 bits per heavy atom. The molecule has 1 aliphatic heterocycles. The summed E-state index contributed by atoms with van der Waals surface area (Å²) in [7, 11) is 0. The van der Waals surface area contributed by atoms with Gasteiger partial charge < -0.3 is 15.0 Å². The van der Waals surface area contributed by atoms with Crippen LogP contribution in [-0.2, 0) is 4.74 Å². The van der Waals surface area contributed by atoms with Gasteiger partial charge in [-0.25, -0.2) is 4.98 Å². The van der Waals surface area contributed by atoms with E-state index in [1.54, 1.807) is 6.07 Å². The van der Waals surface area contributed by atoms with E-state index in [1.165, 1.54) is 6.42 Å². The van der Waals surface area contributed by atoms with Crippen molar-refractivity contribution < 1.29 is 4.74 Å². The molecule has 0 spiro atoms. The minimum atomic E-state index is 0.406. The summed E-state index contributed by atoms with van der Waals surface area (Å²) in [6.07, 6.45) is 1.25. The topological polar surface area (TPSA) is 50.3 Å². The van der Waals surface area contributed by atoms with Crippen LogP contribution in [0.15, 0.2) is 30.3 Å². The number of hydrogen-bond donors (Lipinski definition) is 1. The Morgan fingerprint density at radius 2 is 1.50 bits per heavy atom. The molecule has 158 valence electrons. The largest absolute Gasteiger partial charge is 0.378 e. The predicted molar refractivity (Wildman–Crippen MR) is 123 cm³/mol. The van der Waals surface area contributed by atoms with Crippen molar-refractivity contribution in [3.05, 3.63) is 40.5 Å². The second kappa shape index (κ2) is 16.4. The molecule has 28 heavy (non-hydrogen) atoms. The van der Waals surface area contributed by atoms with E-state index in [0.717, 1.165) is 18.8 Å². The Bertz CT molecular complexity index is 633. The fourth-order valence-corrected chi connectivity index (χ4v) is 2.36. The zero-order chi connectivity index (χ0) is 21.4. The molecule has 0 amide bonds. The number of hydrogen-bond acceptors (Lipinski definition) is 5. The molecule has 0 aliphatic carbocycles. The van der Waals surface area contributed by atoms with Crippen molar-refractivity contribution in [3.8, 4) is 0 Å². The van der Waals surface area contributed by atoms with Crippen LogP contribution >= 0.6 is 23.2 Å². The SMILES string of the molecule is CC.CC.CCC.Clc1ccc(Nc2cc(Cl)nc(N3CCOCC3)n2)cc1. The standard InChI is InChI=1S/C14H14Cl2N4O.C3H8.2C2H6/c15-10-1-3-11(4-2-10)17-13-9-12(16)18-14(19-13)20-5-7-21-8-6-20;1-3-2;2*1-2/h1-4,9H,5-8H2,(H,17,18,19);3H2,1-2H3;2*1-2H3. The minimum Gasteiger partial charge on any atom is -0.378 e. The van der Waals surface area contributed by atoms with Gasteiger partial charge in [0.1, 0.15) is 11.0 Å². The molecule has 0 unspecified atom stereocenters. The highest BCUT2D eigenvalue weighted by Gasteiger charge is 2.15. The van der Waals surface area contributed by atoms with Crippen LogP contribution in [0.25, 0.3) is 0 Å². The quantitative estimate of drug-likeness (QED) is 0.542. The van der Waals surface area contributed by atoms with Crippen LogP contribution in [0.1, 0.15) is 48.0 Å². The van der Waals surface area contributed by atoms with Crippen molar-refractivity contribution in [2.24, 2.45) is 0 Å².